The molecule has 8 heteroatoms. The van der Waals surface area contributed by atoms with Crippen LogP contribution in [0.4, 0.5) is 5.69 Å². The maximum atomic E-state index is 13.5. The van der Waals surface area contributed by atoms with Gasteiger partial charge in [-0.15, -0.1) is 0 Å². The largest absolute Gasteiger partial charge is 0.497 e. The lowest BCUT2D eigenvalue weighted by Crippen LogP contribution is -2.43. The molecule has 0 aliphatic rings. The fraction of sp³-hybridized carbons (Fsp3) is 0.160. The number of methoxy groups -OCH3 is 2. The Balaban J connectivity index is 1.80. The topological polar surface area (TPSA) is 102 Å². The van der Waals surface area contributed by atoms with E-state index in [1.807, 2.05) is 30.3 Å². The molecular weight excluding hydrogens is 422 g/mol. The van der Waals surface area contributed by atoms with E-state index in [0.717, 1.165) is 10.1 Å². The summed E-state index contributed by atoms with van der Waals surface area (Å²) in [5.74, 6) is 0.465. The van der Waals surface area contributed by atoms with Gasteiger partial charge < -0.3 is 19.8 Å². The van der Waals surface area contributed by atoms with E-state index in [4.69, 9.17) is 9.47 Å². The number of carbonyl (C=O) groups is 1. The SMILES string of the molecule is COc1cc(NC(=O)C(Cc2ccccc2)n2c(=O)[nH]c3ccccc3c2=O)cc(OC)c1. The number of nitrogens with zero attached hydrogens (tertiary/aromatic N) is 1. The number of hydrogen-bond acceptors (Lipinski definition) is 5. The lowest BCUT2D eigenvalue weighted by atomic mass is 10.0. The fourth-order valence-corrected chi connectivity index (χ4v) is 3.70. The molecule has 1 aromatic heterocycles. The molecule has 33 heavy (non-hydrogen) atoms. The molecule has 0 aliphatic carbocycles. The van der Waals surface area contributed by atoms with Crippen molar-refractivity contribution in [2.24, 2.45) is 0 Å². The third-order valence-corrected chi connectivity index (χ3v) is 5.34. The minimum absolute atomic E-state index is 0.148. The van der Waals surface area contributed by atoms with Crippen LogP contribution in [0.1, 0.15) is 11.6 Å². The first-order valence-corrected chi connectivity index (χ1v) is 10.3. The van der Waals surface area contributed by atoms with Crippen molar-refractivity contribution in [2.45, 2.75) is 12.5 Å². The van der Waals surface area contributed by atoms with Gasteiger partial charge in [0, 0.05) is 30.3 Å². The monoisotopic (exact) mass is 445 g/mol. The van der Waals surface area contributed by atoms with E-state index in [-0.39, 0.29) is 6.42 Å². The first-order chi connectivity index (χ1) is 16.0. The van der Waals surface area contributed by atoms with Crippen LogP contribution >= 0.6 is 0 Å². The fourth-order valence-electron chi connectivity index (χ4n) is 3.70. The van der Waals surface area contributed by atoms with Crippen LogP contribution in [-0.2, 0) is 11.2 Å². The zero-order valence-corrected chi connectivity index (χ0v) is 18.2. The number of anilines is 1. The zero-order valence-electron chi connectivity index (χ0n) is 18.2. The number of nitrogens with one attached hydrogen (secondary N) is 2. The number of carbonyl (C=O) groups excluding carboxylic acids is 1. The van der Waals surface area contributed by atoms with Crippen molar-refractivity contribution < 1.29 is 14.3 Å². The second kappa shape index (κ2) is 9.44. The maximum Gasteiger partial charge on any atom is 0.329 e. The molecule has 2 N–H and O–H groups in total. The molecule has 3 aromatic carbocycles. The number of aromatic nitrogens is 2. The van der Waals surface area contributed by atoms with E-state index in [2.05, 4.69) is 10.3 Å². The Labute approximate surface area is 189 Å². The van der Waals surface area contributed by atoms with E-state index >= 15 is 0 Å². The molecule has 168 valence electrons. The van der Waals surface area contributed by atoms with Crippen molar-refractivity contribution >= 4 is 22.5 Å². The van der Waals surface area contributed by atoms with Gasteiger partial charge in [0.25, 0.3) is 5.56 Å². The van der Waals surface area contributed by atoms with Crippen molar-refractivity contribution in [3.8, 4) is 11.5 Å². The molecule has 8 nitrogen and oxygen atoms in total. The van der Waals surface area contributed by atoms with Crippen LogP contribution < -0.4 is 26.0 Å². The summed E-state index contributed by atoms with van der Waals surface area (Å²) in [4.78, 5) is 42.4. The summed E-state index contributed by atoms with van der Waals surface area (Å²) in [6.45, 7) is 0. The normalized spacial score (nSPS) is 11.7. The Bertz CT molecular complexity index is 1390. The summed E-state index contributed by atoms with van der Waals surface area (Å²) in [6, 6.07) is 19.8. The van der Waals surface area contributed by atoms with Crippen LogP contribution in [0.25, 0.3) is 10.9 Å². The van der Waals surface area contributed by atoms with Gasteiger partial charge in [0.2, 0.25) is 5.91 Å². The second-order valence-corrected chi connectivity index (χ2v) is 7.45. The number of fused-ring (bicyclic) bond motifs is 1. The van der Waals surface area contributed by atoms with Crippen molar-refractivity contribution in [3.05, 3.63) is 99.2 Å². The van der Waals surface area contributed by atoms with Crippen LogP contribution in [0.2, 0.25) is 0 Å². The summed E-state index contributed by atoms with van der Waals surface area (Å²) >= 11 is 0. The molecule has 0 bridgehead atoms. The molecule has 1 unspecified atom stereocenters. The molecule has 0 aliphatic heterocycles. The number of H-pyrrole nitrogens is 1. The Morgan fingerprint density at radius 2 is 1.58 bits per heavy atom. The average Bonchev–Trinajstić information content (AvgIpc) is 2.83. The van der Waals surface area contributed by atoms with Crippen LogP contribution in [0.5, 0.6) is 11.5 Å². The predicted molar refractivity (Wildman–Crippen MR) is 126 cm³/mol. The Hall–Kier alpha value is -4.33. The molecular formula is C25H23N3O5. The summed E-state index contributed by atoms with van der Waals surface area (Å²) in [7, 11) is 3.01. The standard InChI is InChI=1S/C25H23N3O5/c1-32-18-13-17(14-19(15-18)33-2)26-23(29)22(12-16-8-4-3-5-9-16)28-24(30)20-10-6-7-11-21(20)27-25(28)31/h3-11,13-15,22H,12H2,1-2H3,(H,26,29)(H,27,31). The van der Waals surface area contributed by atoms with Crippen molar-refractivity contribution in [1.29, 1.82) is 0 Å². The number of rotatable bonds is 7. The molecule has 0 saturated carbocycles. The van der Waals surface area contributed by atoms with Gasteiger partial charge in [0.05, 0.1) is 25.1 Å². The van der Waals surface area contributed by atoms with E-state index in [9.17, 15) is 14.4 Å². The second-order valence-electron chi connectivity index (χ2n) is 7.45. The summed E-state index contributed by atoms with van der Waals surface area (Å²) < 4.78 is 11.5. The van der Waals surface area contributed by atoms with Gasteiger partial charge in [-0.05, 0) is 17.7 Å². The summed E-state index contributed by atoms with van der Waals surface area (Å²) in [5.41, 5.74) is 0.451. The van der Waals surface area contributed by atoms with Crippen molar-refractivity contribution in [1.82, 2.24) is 9.55 Å². The maximum absolute atomic E-state index is 13.5. The first kappa shape index (κ1) is 21.9. The summed E-state index contributed by atoms with van der Waals surface area (Å²) in [6.07, 6.45) is 0.148. The Morgan fingerprint density at radius 1 is 0.939 bits per heavy atom. The van der Waals surface area contributed by atoms with Crippen LogP contribution in [-0.4, -0.2) is 29.7 Å². The molecule has 4 aromatic rings. The van der Waals surface area contributed by atoms with Gasteiger partial charge >= 0.3 is 5.69 Å². The van der Waals surface area contributed by atoms with Crippen LogP contribution in [0, 0.1) is 0 Å². The molecule has 0 saturated heterocycles. The van der Waals surface area contributed by atoms with Gasteiger partial charge in [-0.1, -0.05) is 42.5 Å². The number of benzene rings is 3. The third-order valence-electron chi connectivity index (χ3n) is 5.34. The molecule has 1 atom stereocenters. The van der Waals surface area contributed by atoms with Gasteiger partial charge in [-0.3, -0.25) is 9.59 Å². The minimum atomic E-state index is -1.09. The molecule has 1 heterocycles. The molecule has 0 spiro atoms. The average molecular weight is 445 g/mol. The van der Waals surface area contributed by atoms with Crippen LogP contribution in [0.3, 0.4) is 0 Å². The quantitative estimate of drug-likeness (QED) is 0.455. The smallest absolute Gasteiger partial charge is 0.329 e. The highest BCUT2D eigenvalue weighted by atomic mass is 16.5. The highest BCUT2D eigenvalue weighted by Crippen LogP contribution is 2.26. The van der Waals surface area contributed by atoms with Gasteiger partial charge in [-0.2, -0.15) is 0 Å². The van der Waals surface area contributed by atoms with Crippen LogP contribution in [0.15, 0.2) is 82.4 Å². The lowest BCUT2D eigenvalue weighted by Gasteiger charge is -2.20. The molecule has 0 radical (unpaired) electrons. The summed E-state index contributed by atoms with van der Waals surface area (Å²) in [5, 5.41) is 3.13. The van der Waals surface area contributed by atoms with Crippen molar-refractivity contribution in [2.75, 3.05) is 19.5 Å². The van der Waals surface area contributed by atoms with Crippen molar-refractivity contribution in [3.63, 3.8) is 0 Å². The number of hydrogen-bond donors (Lipinski definition) is 2. The van der Waals surface area contributed by atoms with E-state index in [1.54, 1.807) is 42.5 Å². The third kappa shape index (κ3) is 4.64. The molecule has 1 amide bonds. The minimum Gasteiger partial charge on any atom is -0.497 e. The molecule has 0 fully saturated rings. The lowest BCUT2D eigenvalue weighted by molar-refractivity contribution is -0.119. The Kier molecular flexibility index (Phi) is 6.26. The van der Waals surface area contributed by atoms with Gasteiger partial charge in [-0.25, -0.2) is 9.36 Å². The first-order valence-electron chi connectivity index (χ1n) is 10.3. The number of amides is 1. The van der Waals surface area contributed by atoms with E-state index in [1.165, 1.54) is 14.2 Å². The van der Waals surface area contributed by atoms with Gasteiger partial charge in [0.1, 0.15) is 17.5 Å². The highest BCUT2D eigenvalue weighted by Gasteiger charge is 2.26. The number of para-hydroxylation sites is 1. The number of aromatic amines is 1. The van der Waals surface area contributed by atoms with E-state index in [0.29, 0.717) is 28.1 Å². The predicted octanol–water partition coefficient (Wildman–Crippen LogP) is 3.13. The molecule has 4 rings (SSSR count). The van der Waals surface area contributed by atoms with Gasteiger partial charge in [0.15, 0.2) is 0 Å². The highest BCUT2D eigenvalue weighted by molar-refractivity contribution is 5.94. The van der Waals surface area contributed by atoms with E-state index < -0.39 is 23.2 Å². The zero-order chi connectivity index (χ0) is 23.4. The number of ether oxygens (including phenoxy) is 2. The Morgan fingerprint density at radius 3 is 2.24 bits per heavy atom.